The Morgan fingerprint density at radius 1 is 1.43 bits per heavy atom. The van der Waals surface area contributed by atoms with E-state index >= 15 is 0 Å². The number of pyridine rings is 1. The summed E-state index contributed by atoms with van der Waals surface area (Å²) >= 11 is 1.69. The van der Waals surface area contributed by atoms with E-state index in [9.17, 15) is 13.6 Å². The number of nitrogens with zero attached hydrogens (tertiary/aromatic N) is 3. The largest absolute Gasteiger partial charge is 0.417 e. The molecule has 0 saturated carbocycles. The maximum atomic E-state index is 12.4. The molecule has 3 fully saturated rings. The number of aromatic nitrogens is 1. The number of ether oxygens (including phenoxy) is 1. The van der Waals surface area contributed by atoms with Crippen molar-refractivity contribution in [2.75, 3.05) is 19.3 Å². The molecule has 1 aromatic heterocycles. The Kier molecular flexibility index (Phi) is 3.99. The summed E-state index contributed by atoms with van der Waals surface area (Å²) in [4.78, 5) is 18.1. The van der Waals surface area contributed by atoms with E-state index in [0.29, 0.717) is 5.56 Å². The zero-order valence-corrected chi connectivity index (χ0v) is 12.2. The number of carbonyl (C=O) groups excluding carboxylic acids is 1. The van der Waals surface area contributed by atoms with Gasteiger partial charge in [0.25, 0.3) is 5.91 Å². The lowest BCUT2D eigenvalue weighted by molar-refractivity contribution is -0.0528. The molecule has 0 radical (unpaired) electrons. The van der Waals surface area contributed by atoms with Crippen LogP contribution in [0, 0.1) is 0 Å². The summed E-state index contributed by atoms with van der Waals surface area (Å²) in [5.41, 5.74) is 0.406. The Bertz CT molecular complexity index is 517. The highest BCUT2D eigenvalue weighted by Gasteiger charge is 2.47. The van der Waals surface area contributed by atoms with E-state index in [0.717, 1.165) is 19.5 Å². The lowest BCUT2D eigenvalue weighted by atomic mass is 9.88. The predicted molar refractivity (Wildman–Crippen MR) is 74.3 cm³/mol. The molecule has 21 heavy (non-hydrogen) atoms. The van der Waals surface area contributed by atoms with Gasteiger partial charge in [-0.2, -0.15) is 8.78 Å². The molecule has 0 N–H and O–H groups in total. The topological polar surface area (TPSA) is 45.7 Å². The molecule has 3 aliphatic rings. The van der Waals surface area contributed by atoms with Gasteiger partial charge in [0.15, 0.2) is 0 Å². The number of amides is 1. The zero-order chi connectivity index (χ0) is 15.0. The van der Waals surface area contributed by atoms with E-state index in [-0.39, 0.29) is 23.9 Å². The summed E-state index contributed by atoms with van der Waals surface area (Å²) in [6.07, 6.45) is 4.35. The minimum atomic E-state index is -2.91. The van der Waals surface area contributed by atoms with Crippen LogP contribution in [0.25, 0.3) is 0 Å². The molecule has 0 spiro atoms. The molecule has 3 saturated heterocycles. The molecule has 5 nitrogen and oxygen atoms in total. The summed E-state index contributed by atoms with van der Waals surface area (Å²) in [6, 6.07) is 3.25. The highest BCUT2D eigenvalue weighted by Crippen LogP contribution is 2.35. The molecule has 114 valence electrons. The van der Waals surface area contributed by atoms with Gasteiger partial charge in [0, 0.05) is 37.4 Å². The standard InChI is InChI=1S/C13H15F2N3O2S/c1-21-17-6-9-4-10(7-17)18(9)12(19)8-2-3-11(16-5-8)20-13(14)15/h2-3,5,9-10,13H,4,6-7H2,1H3. The number of piperazine rings is 1. The van der Waals surface area contributed by atoms with Gasteiger partial charge in [-0.3, -0.25) is 4.79 Å². The van der Waals surface area contributed by atoms with Gasteiger partial charge in [-0.15, -0.1) is 0 Å². The fraction of sp³-hybridized carbons (Fsp3) is 0.538. The first-order valence-corrected chi connectivity index (χ1v) is 7.79. The second-order valence-electron chi connectivity index (χ2n) is 5.05. The highest BCUT2D eigenvalue weighted by molar-refractivity contribution is 7.96. The second-order valence-corrected chi connectivity index (χ2v) is 5.93. The quantitative estimate of drug-likeness (QED) is 0.794. The number of fused-ring (bicyclic) bond motifs is 2. The van der Waals surface area contributed by atoms with Crippen molar-refractivity contribution < 1.29 is 18.3 Å². The van der Waals surface area contributed by atoms with Crippen LogP contribution in [-0.4, -0.2) is 58.1 Å². The maximum Gasteiger partial charge on any atom is 0.388 e. The number of halogens is 2. The van der Waals surface area contributed by atoms with Crippen molar-refractivity contribution in [1.29, 1.82) is 0 Å². The number of alkyl halides is 2. The van der Waals surface area contributed by atoms with Crippen molar-refractivity contribution in [2.45, 2.75) is 25.1 Å². The molecule has 1 amide bonds. The lowest BCUT2D eigenvalue weighted by Gasteiger charge is -2.55. The molecular weight excluding hydrogens is 300 g/mol. The highest BCUT2D eigenvalue weighted by atomic mass is 32.2. The second kappa shape index (κ2) is 5.76. The van der Waals surface area contributed by atoms with Crippen LogP contribution in [0.15, 0.2) is 18.3 Å². The smallest absolute Gasteiger partial charge is 0.388 e. The summed E-state index contributed by atoms with van der Waals surface area (Å²) in [7, 11) is 0. The Balaban J connectivity index is 1.66. The molecule has 3 aliphatic heterocycles. The molecule has 2 unspecified atom stereocenters. The van der Waals surface area contributed by atoms with Crippen molar-refractivity contribution in [3.63, 3.8) is 0 Å². The van der Waals surface area contributed by atoms with Crippen LogP contribution in [0.2, 0.25) is 0 Å². The molecule has 0 aliphatic carbocycles. The molecule has 0 aromatic carbocycles. The summed E-state index contributed by atoms with van der Waals surface area (Å²) in [5, 5.41) is 0. The number of rotatable bonds is 4. The van der Waals surface area contributed by atoms with Crippen LogP contribution in [0.3, 0.4) is 0 Å². The van der Waals surface area contributed by atoms with Crippen molar-refractivity contribution in [3.8, 4) is 5.88 Å². The van der Waals surface area contributed by atoms with Gasteiger partial charge in [-0.05, 0) is 18.7 Å². The summed E-state index contributed by atoms with van der Waals surface area (Å²) in [6.45, 7) is -1.18. The van der Waals surface area contributed by atoms with E-state index in [2.05, 4.69) is 14.0 Å². The van der Waals surface area contributed by atoms with Gasteiger partial charge in [0.1, 0.15) is 0 Å². The van der Waals surface area contributed by atoms with E-state index in [1.54, 1.807) is 11.9 Å². The Morgan fingerprint density at radius 3 is 2.67 bits per heavy atom. The Hall–Kier alpha value is -1.41. The monoisotopic (exact) mass is 315 g/mol. The zero-order valence-electron chi connectivity index (χ0n) is 11.4. The average molecular weight is 315 g/mol. The van der Waals surface area contributed by atoms with E-state index < -0.39 is 6.61 Å². The van der Waals surface area contributed by atoms with Crippen molar-refractivity contribution in [2.24, 2.45) is 0 Å². The molecular formula is C13H15F2N3O2S. The van der Waals surface area contributed by atoms with Crippen LogP contribution < -0.4 is 4.74 Å². The Labute approximate surface area is 125 Å². The van der Waals surface area contributed by atoms with Gasteiger partial charge in [0.2, 0.25) is 5.88 Å². The van der Waals surface area contributed by atoms with Crippen molar-refractivity contribution >= 4 is 17.9 Å². The molecule has 8 heteroatoms. The van der Waals surface area contributed by atoms with E-state index in [1.807, 2.05) is 11.2 Å². The molecule has 4 rings (SSSR count). The van der Waals surface area contributed by atoms with Crippen LogP contribution in [-0.2, 0) is 0 Å². The molecule has 1 aromatic rings. The number of hydrogen-bond donors (Lipinski definition) is 0. The van der Waals surface area contributed by atoms with Crippen LogP contribution in [0.4, 0.5) is 8.78 Å². The van der Waals surface area contributed by atoms with Crippen LogP contribution in [0.1, 0.15) is 16.8 Å². The first-order chi connectivity index (χ1) is 10.1. The minimum Gasteiger partial charge on any atom is -0.417 e. The van der Waals surface area contributed by atoms with Gasteiger partial charge in [-0.1, -0.05) is 11.9 Å². The minimum absolute atomic E-state index is 0.0897. The average Bonchev–Trinajstić information content (AvgIpc) is 2.47. The van der Waals surface area contributed by atoms with E-state index in [1.165, 1.54) is 18.3 Å². The lowest BCUT2D eigenvalue weighted by Crippen LogP contribution is -2.68. The molecule has 2 bridgehead atoms. The number of carbonyl (C=O) groups is 1. The molecule has 2 atom stereocenters. The fourth-order valence-electron chi connectivity index (χ4n) is 2.87. The Morgan fingerprint density at radius 2 is 2.14 bits per heavy atom. The van der Waals surface area contributed by atoms with Gasteiger partial charge in [-0.25, -0.2) is 9.29 Å². The summed E-state index contributed by atoms with van der Waals surface area (Å²) in [5.74, 6) is -0.271. The first-order valence-electron chi connectivity index (χ1n) is 6.61. The predicted octanol–water partition coefficient (Wildman–Crippen LogP) is 1.86. The fourth-order valence-corrected chi connectivity index (χ4v) is 3.51. The molecule has 4 heterocycles. The van der Waals surface area contributed by atoms with Crippen LogP contribution in [0.5, 0.6) is 5.88 Å². The third kappa shape index (κ3) is 2.82. The SMILES string of the molecule is CSN1CC2CC(C1)N2C(=O)c1ccc(OC(F)F)nc1. The van der Waals surface area contributed by atoms with Crippen LogP contribution >= 0.6 is 11.9 Å². The number of hydrogen-bond acceptors (Lipinski definition) is 5. The number of piperidine rings is 1. The maximum absolute atomic E-state index is 12.4. The van der Waals surface area contributed by atoms with Gasteiger partial charge >= 0.3 is 6.61 Å². The van der Waals surface area contributed by atoms with Crippen molar-refractivity contribution in [1.82, 2.24) is 14.2 Å². The third-order valence-electron chi connectivity index (χ3n) is 3.85. The first kappa shape index (κ1) is 14.5. The van der Waals surface area contributed by atoms with Gasteiger partial charge in [0.05, 0.1) is 5.56 Å². The summed E-state index contributed by atoms with van der Waals surface area (Å²) < 4.78 is 30.5. The normalized spacial score (nSPS) is 24.9. The third-order valence-corrected chi connectivity index (χ3v) is 4.66. The van der Waals surface area contributed by atoms with Crippen molar-refractivity contribution in [3.05, 3.63) is 23.9 Å². The van der Waals surface area contributed by atoms with E-state index in [4.69, 9.17) is 0 Å². The van der Waals surface area contributed by atoms with Gasteiger partial charge < -0.3 is 9.64 Å².